The number of aryl methyl sites for hydroxylation is 2. The van der Waals surface area contributed by atoms with Gasteiger partial charge in [-0.15, -0.1) is 11.3 Å². The molecule has 0 aliphatic heterocycles. The third kappa shape index (κ3) is 2.53. The van der Waals surface area contributed by atoms with Crippen LogP contribution >= 0.6 is 23.1 Å². The number of carboxylic acid groups (broad SMARTS) is 1. The quantitative estimate of drug-likeness (QED) is 0.880. The summed E-state index contributed by atoms with van der Waals surface area (Å²) < 4.78 is 6.10. The van der Waals surface area contributed by atoms with Crippen molar-refractivity contribution >= 4 is 29.1 Å². The Morgan fingerprint density at radius 2 is 2.35 bits per heavy atom. The summed E-state index contributed by atoms with van der Waals surface area (Å²) in [4.78, 5) is 16.5. The first-order chi connectivity index (χ1) is 9.67. The highest BCUT2D eigenvalue weighted by atomic mass is 32.2. The SMILES string of the molecule is COc1ccc2c(c1)-c1nc(SCC(=O)O)sc1CC2. The molecule has 0 radical (unpaired) electrons. The molecule has 0 saturated heterocycles. The molecule has 1 aromatic heterocycles. The minimum atomic E-state index is -0.815. The molecule has 1 aliphatic carbocycles. The summed E-state index contributed by atoms with van der Waals surface area (Å²) >= 11 is 2.89. The average Bonchev–Trinajstić information content (AvgIpc) is 2.88. The Labute approximate surface area is 124 Å². The zero-order valence-electron chi connectivity index (χ0n) is 10.9. The monoisotopic (exact) mass is 307 g/mol. The Balaban J connectivity index is 1.96. The topological polar surface area (TPSA) is 59.4 Å². The molecule has 6 heteroatoms. The van der Waals surface area contributed by atoms with Crippen LogP contribution < -0.4 is 4.74 Å². The van der Waals surface area contributed by atoms with Crippen LogP contribution in [0.3, 0.4) is 0 Å². The van der Waals surface area contributed by atoms with E-state index in [0.717, 1.165) is 34.2 Å². The van der Waals surface area contributed by atoms with Gasteiger partial charge in [-0.25, -0.2) is 4.98 Å². The van der Waals surface area contributed by atoms with Gasteiger partial charge in [0.2, 0.25) is 0 Å². The van der Waals surface area contributed by atoms with Gasteiger partial charge in [0.05, 0.1) is 18.6 Å². The Bertz CT molecular complexity index is 666. The van der Waals surface area contributed by atoms with Gasteiger partial charge in [0.1, 0.15) is 5.75 Å². The molecule has 104 valence electrons. The molecule has 1 aliphatic rings. The fraction of sp³-hybridized carbons (Fsp3) is 0.286. The lowest BCUT2D eigenvalue weighted by atomic mass is 9.93. The minimum absolute atomic E-state index is 0.0529. The van der Waals surface area contributed by atoms with Crippen LogP contribution in [0.15, 0.2) is 22.5 Å². The van der Waals surface area contributed by atoms with Crippen LogP contribution in [0.2, 0.25) is 0 Å². The van der Waals surface area contributed by atoms with Gasteiger partial charge in [-0.3, -0.25) is 4.79 Å². The summed E-state index contributed by atoms with van der Waals surface area (Å²) in [5.74, 6) is 0.0618. The third-order valence-electron chi connectivity index (χ3n) is 3.19. The molecule has 0 amide bonds. The lowest BCUT2D eigenvalue weighted by Gasteiger charge is -2.15. The first-order valence-corrected chi connectivity index (χ1v) is 7.99. The molecule has 0 spiro atoms. The predicted molar refractivity (Wildman–Crippen MR) is 79.9 cm³/mol. The van der Waals surface area contributed by atoms with Crippen LogP contribution in [0.1, 0.15) is 10.4 Å². The Morgan fingerprint density at radius 1 is 1.50 bits per heavy atom. The first-order valence-electron chi connectivity index (χ1n) is 6.19. The molecule has 2 aromatic rings. The second-order valence-electron chi connectivity index (χ2n) is 4.46. The predicted octanol–water partition coefficient (Wildman–Crippen LogP) is 3.09. The summed E-state index contributed by atoms with van der Waals surface area (Å²) in [5, 5.41) is 8.74. The van der Waals surface area contributed by atoms with Crippen LogP contribution in [0.4, 0.5) is 0 Å². The number of thiazole rings is 1. The maximum Gasteiger partial charge on any atom is 0.313 e. The second kappa shape index (κ2) is 5.46. The lowest BCUT2D eigenvalue weighted by Crippen LogP contribution is -2.02. The number of benzene rings is 1. The van der Waals surface area contributed by atoms with Crippen molar-refractivity contribution in [1.29, 1.82) is 0 Å². The molecule has 0 fully saturated rings. The Hall–Kier alpha value is -1.53. The first kappa shape index (κ1) is 13.5. The maximum atomic E-state index is 10.6. The van der Waals surface area contributed by atoms with E-state index < -0.39 is 5.97 Å². The van der Waals surface area contributed by atoms with Crippen molar-refractivity contribution in [2.75, 3.05) is 12.9 Å². The van der Waals surface area contributed by atoms with Crippen molar-refractivity contribution in [1.82, 2.24) is 4.98 Å². The smallest absolute Gasteiger partial charge is 0.313 e. The standard InChI is InChI=1S/C14H13NO3S2/c1-18-9-4-2-8-3-5-11-13(10(8)6-9)15-14(20-11)19-7-12(16)17/h2,4,6H,3,5,7H2,1H3,(H,16,17). The van der Waals surface area contributed by atoms with Crippen molar-refractivity contribution in [3.8, 4) is 17.0 Å². The van der Waals surface area contributed by atoms with Crippen molar-refractivity contribution < 1.29 is 14.6 Å². The molecule has 0 bridgehead atoms. The fourth-order valence-electron chi connectivity index (χ4n) is 2.26. The van der Waals surface area contributed by atoms with E-state index in [1.165, 1.54) is 22.2 Å². The fourth-order valence-corrected chi connectivity index (χ4v) is 4.19. The van der Waals surface area contributed by atoms with Gasteiger partial charge in [0.15, 0.2) is 4.34 Å². The number of ether oxygens (including phenoxy) is 1. The number of thioether (sulfide) groups is 1. The van der Waals surface area contributed by atoms with E-state index in [1.54, 1.807) is 18.4 Å². The average molecular weight is 307 g/mol. The summed E-state index contributed by atoms with van der Waals surface area (Å²) in [6.45, 7) is 0. The largest absolute Gasteiger partial charge is 0.497 e. The van der Waals surface area contributed by atoms with E-state index in [9.17, 15) is 4.79 Å². The van der Waals surface area contributed by atoms with E-state index in [-0.39, 0.29) is 5.75 Å². The van der Waals surface area contributed by atoms with Crippen molar-refractivity contribution in [2.24, 2.45) is 0 Å². The van der Waals surface area contributed by atoms with Gasteiger partial charge in [-0.1, -0.05) is 17.8 Å². The van der Waals surface area contributed by atoms with Crippen LogP contribution in [-0.4, -0.2) is 28.9 Å². The van der Waals surface area contributed by atoms with E-state index in [2.05, 4.69) is 11.1 Å². The van der Waals surface area contributed by atoms with E-state index in [0.29, 0.717) is 0 Å². The highest BCUT2D eigenvalue weighted by Crippen LogP contribution is 2.40. The molecule has 0 saturated carbocycles. The van der Waals surface area contributed by atoms with Gasteiger partial charge in [-0.05, 0) is 30.5 Å². The molecular weight excluding hydrogens is 294 g/mol. The number of carboxylic acids is 1. The number of aromatic nitrogens is 1. The van der Waals surface area contributed by atoms with Crippen molar-refractivity contribution in [3.05, 3.63) is 28.6 Å². The molecule has 3 rings (SSSR count). The van der Waals surface area contributed by atoms with Gasteiger partial charge >= 0.3 is 5.97 Å². The maximum absolute atomic E-state index is 10.6. The highest BCUT2D eigenvalue weighted by molar-refractivity contribution is 8.01. The Morgan fingerprint density at radius 3 is 3.10 bits per heavy atom. The number of carbonyl (C=O) groups is 1. The van der Waals surface area contributed by atoms with Gasteiger partial charge in [0.25, 0.3) is 0 Å². The number of aliphatic carboxylic acids is 1. The molecule has 1 N–H and O–H groups in total. The summed E-state index contributed by atoms with van der Waals surface area (Å²) in [6, 6.07) is 6.06. The van der Waals surface area contributed by atoms with Crippen LogP contribution in [0, 0.1) is 0 Å². The molecule has 4 nitrogen and oxygen atoms in total. The van der Waals surface area contributed by atoms with Crippen molar-refractivity contribution in [2.45, 2.75) is 17.2 Å². The van der Waals surface area contributed by atoms with Gasteiger partial charge < -0.3 is 9.84 Å². The third-order valence-corrected chi connectivity index (χ3v) is 5.43. The van der Waals surface area contributed by atoms with E-state index >= 15 is 0 Å². The zero-order chi connectivity index (χ0) is 14.1. The van der Waals surface area contributed by atoms with Crippen molar-refractivity contribution in [3.63, 3.8) is 0 Å². The molecule has 20 heavy (non-hydrogen) atoms. The molecule has 1 heterocycles. The number of hydrogen-bond donors (Lipinski definition) is 1. The normalized spacial score (nSPS) is 12.7. The molecular formula is C14H13NO3S2. The van der Waals surface area contributed by atoms with E-state index in [4.69, 9.17) is 9.84 Å². The lowest BCUT2D eigenvalue weighted by molar-refractivity contribution is -0.133. The number of rotatable bonds is 4. The van der Waals surface area contributed by atoms with Gasteiger partial charge in [0, 0.05) is 10.4 Å². The number of fused-ring (bicyclic) bond motifs is 3. The van der Waals surface area contributed by atoms with Gasteiger partial charge in [-0.2, -0.15) is 0 Å². The Kier molecular flexibility index (Phi) is 3.67. The summed E-state index contributed by atoms with van der Waals surface area (Å²) in [6.07, 6.45) is 1.97. The van der Waals surface area contributed by atoms with Crippen LogP contribution in [-0.2, 0) is 17.6 Å². The minimum Gasteiger partial charge on any atom is -0.497 e. The number of hydrogen-bond acceptors (Lipinski definition) is 5. The highest BCUT2D eigenvalue weighted by Gasteiger charge is 2.21. The molecule has 1 aromatic carbocycles. The number of methoxy groups -OCH3 is 1. The van der Waals surface area contributed by atoms with E-state index in [1.807, 2.05) is 12.1 Å². The number of nitrogens with zero attached hydrogens (tertiary/aromatic N) is 1. The second-order valence-corrected chi connectivity index (χ2v) is 6.76. The molecule has 0 atom stereocenters. The zero-order valence-corrected chi connectivity index (χ0v) is 12.5. The summed E-state index contributed by atoms with van der Waals surface area (Å²) in [7, 11) is 1.65. The van der Waals surface area contributed by atoms with Crippen LogP contribution in [0.25, 0.3) is 11.3 Å². The summed E-state index contributed by atoms with van der Waals surface area (Å²) in [5.41, 5.74) is 3.38. The molecule has 0 unspecified atom stereocenters. The van der Waals surface area contributed by atoms with Crippen LogP contribution in [0.5, 0.6) is 5.75 Å².